The molecule has 106 heavy (non-hydrogen) atoms. The highest BCUT2D eigenvalue weighted by atomic mass is 32.6. The summed E-state index contributed by atoms with van der Waals surface area (Å²) >= 11 is 4.31. The molecule has 2 unspecified atom stereocenters. The van der Waals surface area contributed by atoms with Gasteiger partial charge in [-0.05, 0) is 189 Å². The van der Waals surface area contributed by atoms with Crippen LogP contribution in [0.25, 0.3) is 0 Å². The molecule has 5 heterocycles. The maximum atomic E-state index is 12.1. The molecule has 3 saturated heterocycles. The number of carbonyl (C=O) groups is 1. The number of allylic oxidation sites excluding steroid dienone is 16. The lowest BCUT2D eigenvalue weighted by atomic mass is 9.98. The van der Waals surface area contributed by atoms with Gasteiger partial charge in [-0.3, -0.25) is 24.6 Å². The van der Waals surface area contributed by atoms with Gasteiger partial charge >= 0.3 is 1.28 Å². The third-order valence-electron chi connectivity index (χ3n) is 20.5. The van der Waals surface area contributed by atoms with E-state index in [1.807, 2.05) is 29.4 Å². The molecule has 6 atom stereocenters. The third kappa shape index (κ3) is 60.3. The summed E-state index contributed by atoms with van der Waals surface area (Å²) in [4.78, 5) is 24.8. The minimum atomic E-state index is -0.870. The Kier molecular flexibility index (Phi) is 69.1. The van der Waals surface area contributed by atoms with Gasteiger partial charge in [0.1, 0.15) is 18.0 Å². The number of ketones is 1. The zero-order valence-corrected chi connectivity index (χ0v) is 71.4. The number of fused-ring (bicyclic) bond motifs is 1. The van der Waals surface area contributed by atoms with Crippen LogP contribution < -0.4 is 0 Å². The van der Waals surface area contributed by atoms with E-state index in [1.54, 1.807) is 12.4 Å². The Labute approximate surface area is 663 Å². The quantitative estimate of drug-likeness (QED) is 0.0378. The molecule has 2 aromatic rings. The van der Waals surface area contributed by atoms with Crippen LogP contribution in [0.5, 0.6) is 0 Å². The summed E-state index contributed by atoms with van der Waals surface area (Å²) in [6, 6.07) is 8.13. The van der Waals surface area contributed by atoms with E-state index >= 15 is 0 Å². The molecule has 0 amide bonds. The highest BCUT2D eigenvalue weighted by Gasteiger charge is 2.50. The fraction of sp³-hybridized carbons (Fsp3) is 0.713. The fourth-order valence-electron chi connectivity index (χ4n) is 14.1. The Balaban J connectivity index is 0.000000602. The molecule has 12 heteroatoms. The Morgan fingerprint density at radius 3 is 0.925 bits per heavy atom. The van der Waals surface area contributed by atoms with Crippen LogP contribution in [0.1, 0.15) is 373 Å². The summed E-state index contributed by atoms with van der Waals surface area (Å²) in [7, 11) is 2.20. The minimum Gasteiger partial charge on any atom is -0.389 e. The first-order valence-electron chi connectivity index (χ1n) is 44.4. The highest BCUT2D eigenvalue weighted by Crippen LogP contribution is 2.41. The number of hydrogen-bond donors (Lipinski definition) is 2. The normalized spacial score (nSPS) is 17.8. The van der Waals surface area contributed by atoms with Gasteiger partial charge in [0.25, 0.3) is 0 Å². The van der Waals surface area contributed by atoms with Crippen LogP contribution in [0.2, 0.25) is 0 Å². The molecule has 602 valence electrons. The zero-order valence-electron chi connectivity index (χ0n) is 69.5. The second kappa shape index (κ2) is 75.6. The number of carbonyl (C=O) groups excluding carboxylic acids is 1. The van der Waals surface area contributed by atoms with Crippen molar-refractivity contribution >= 4 is 33.5 Å². The van der Waals surface area contributed by atoms with Crippen molar-refractivity contribution in [1.29, 1.82) is 1.28 Å². The van der Waals surface area contributed by atoms with Gasteiger partial charge in [0.2, 0.25) is 0 Å². The minimum absolute atomic E-state index is 0.209. The lowest BCUT2D eigenvalue weighted by Crippen LogP contribution is -2.35. The van der Waals surface area contributed by atoms with Gasteiger partial charge in [-0.1, -0.05) is 279 Å². The van der Waals surface area contributed by atoms with Gasteiger partial charge in [0.15, 0.2) is 24.6 Å². The molecule has 0 saturated carbocycles. The van der Waals surface area contributed by atoms with Crippen molar-refractivity contribution in [3.8, 4) is 0 Å². The first kappa shape index (κ1) is 96.8. The Hall–Kier alpha value is -3.40. The first-order chi connectivity index (χ1) is 52.5. The first-order valence-corrected chi connectivity index (χ1v) is 47.4. The van der Waals surface area contributed by atoms with Crippen LogP contribution in [0.15, 0.2) is 146 Å². The van der Waals surface area contributed by atoms with Crippen molar-refractivity contribution in [1.82, 2.24) is 19.8 Å². The summed E-state index contributed by atoms with van der Waals surface area (Å²) in [6.07, 6.45) is 109. The van der Waals surface area contributed by atoms with E-state index < -0.39 is 19.2 Å². The number of hydrogen-bond acceptors (Lipinski definition) is 10. The van der Waals surface area contributed by atoms with Gasteiger partial charge in [0, 0.05) is 89.7 Å². The van der Waals surface area contributed by atoms with Crippen molar-refractivity contribution < 1.29 is 24.5 Å². The Morgan fingerprint density at radius 2 is 0.651 bits per heavy atom. The fourth-order valence-corrected chi connectivity index (χ4v) is 14.1. The second-order valence-electron chi connectivity index (χ2n) is 30.4. The molecule has 0 aliphatic carbocycles. The summed E-state index contributed by atoms with van der Waals surface area (Å²) in [5.74, 6) is 0.141. The number of aromatic nitrogens is 2. The van der Waals surface area contributed by atoms with E-state index in [9.17, 15) is 15.0 Å². The molecule has 3 aliphatic rings. The molecular formula is C94H161N4O5P2S+. The van der Waals surface area contributed by atoms with Crippen LogP contribution >= 0.6 is 15.9 Å². The molecule has 0 spiro atoms. The summed E-state index contributed by atoms with van der Waals surface area (Å²) in [5.41, 5.74) is 2.47. The number of β-amino-alcohol motifs (C(OH)–C–C–N with tert-alkyl or cyclic N) is 2. The predicted octanol–water partition coefficient (Wildman–Crippen LogP) is 27.3. The topological polar surface area (TPSA) is 108 Å². The van der Waals surface area contributed by atoms with Crippen molar-refractivity contribution in [2.45, 2.75) is 405 Å². The molecule has 2 aromatic heterocycles. The van der Waals surface area contributed by atoms with Gasteiger partial charge < -0.3 is 19.7 Å². The van der Waals surface area contributed by atoms with E-state index in [0.717, 1.165) is 96.0 Å². The standard InChI is InChI=1S/C47H78N2O2.C37H66O.C10H14N2O2.H2P2S/c1-3-5-7-9-11-13-15-17-19-21-23-25-27-29-31-33-37-47(50-45-42-49(43-46(45)51-47)41-44-35-39-48-40-36-44)38-34-32-30-28-26-24-22-20-18-16-14-12-10-8-6-4-2;1-3-5-7-9-11-13-15-17-19-21-23-25-27-29-31-33-35-37(38)36-34-32-30-28-26-24-22-20-18-16-14-12-10-8-6-4-2;13-9-6-12(7-10(9)14)5-8-1-3-11-4-2-8;1-2-3/h11-14,17-20,35-36,39-40,45-46H,3-10,15-16,21-34,37-38,41-43H2,1-2H3;11-14,17-20H,3-10,15-16,21-36H2,1-2H3;1-4,9-10,13-14H,5-7H2;1H2/p+1/b2*13-11-,14-12-,19-17-,20-18-;;/t45-,46-;;9-,10-;/m0.0./s1/i/hT. The van der Waals surface area contributed by atoms with Crippen molar-refractivity contribution in [2.24, 2.45) is 0 Å². The van der Waals surface area contributed by atoms with E-state index in [4.69, 9.17) is 10.8 Å². The number of aliphatic hydroxyl groups excluding tert-OH is 2. The smallest absolute Gasteiger partial charge is 0.355 e. The largest absolute Gasteiger partial charge is 0.389 e. The highest BCUT2D eigenvalue weighted by molar-refractivity contribution is 8.24. The summed E-state index contributed by atoms with van der Waals surface area (Å²) < 4.78 is 20.2. The number of aliphatic hydroxyl groups is 2. The van der Waals surface area contributed by atoms with Crippen LogP contribution in [0.4, 0.5) is 0 Å². The van der Waals surface area contributed by atoms with Crippen molar-refractivity contribution in [2.75, 3.05) is 26.2 Å². The lowest BCUT2D eigenvalue weighted by Gasteiger charge is -2.31. The number of rotatable bonds is 64. The van der Waals surface area contributed by atoms with Crippen molar-refractivity contribution in [3.05, 3.63) is 157 Å². The maximum Gasteiger partial charge on any atom is 0.355 e. The number of likely N-dealkylation sites (tertiary alicyclic amines) is 2. The van der Waals surface area contributed by atoms with Crippen LogP contribution in [-0.2, 0) is 39.2 Å². The molecule has 3 aliphatic heterocycles. The monoisotopic (exact) mass is 1520 g/mol. The van der Waals surface area contributed by atoms with Crippen molar-refractivity contribution in [3.63, 3.8) is 0 Å². The molecule has 0 bridgehead atoms. The number of pyridine rings is 2. The number of ether oxygens (including phenoxy) is 2. The lowest BCUT2D eigenvalue weighted by molar-refractivity contribution is -0.194. The van der Waals surface area contributed by atoms with Crippen LogP contribution in [0.3, 0.4) is 0 Å². The number of Topliss-reactive ketones (excluding diaryl/α,β-unsaturated/α-hetero) is 1. The van der Waals surface area contributed by atoms with E-state index in [2.05, 4.69) is 173 Å². The number of unbranched alkanes of at least 4 members (excludes halogenated alkanes) is 36. The third-order valence-corrected chi connectivity index (χ3v) is 20.5. The molecule has 9 nitrogen and oxygen atoms in total. The Morgan fingerprint density at radius 1 is 0.415 bits per heavy atom. The van der Waals surface area contributed by atoms with Gasteiger partial charge in [0.05, 0.1) is 21.1 Å². The van der Waals surface area contributed by atoms with Gasteiger partial charge in [-0.2, -0.15) is 0 Å². The molecular weight excluding hydrogens is 1360 g/mol. The average Bonchev–Trinajstić information content (AvgIpc) is 1.63. The van der Waals surface area contributed by atoms with Gasteiger partial charge in [-0.25, -0.2) is 0 Å². The Bertz CT molecular complexity index is 2440. The number of nitrogens with zero attached hydrogens (tertiary/aromatic N) is 4. The van der Waals surface area contributed by atoms with Crippen LogP contribution in [-0.4, -0.2) is 93.4 Å². The maximum absolute atomic E-state index is 12.1. The summed E-state index contributed by atoms with van der Waals surface area (Å²) in [6.45, 7) is 12.9. The zero-order chi connectivity index (χ0) is 77.1. The van der Waals surface area contributed by atoms with Gasteiger partial charge in [-0.15, -0.1) is 0 Å². The average molecular weight is 1520 g/mol. The molecule has 5 rings (SSSR count). The molecule has 0 aromatic carbocycles. The molecule has 3 fully saturated rings. The van der Waals surface area contributed by atoms with E-state index in [1.165, 1.54) is 275 Å². The summed E-state index contributed by atoms with van der Waals surface area (Å²) in [5, 5.41) is 18.7. The predicted molar refractivity (Wildman–Crippen MR) is 470 cm³/mol. The van der Waals surface area contributed by atoms with E-state index in [0.29, 0.717) is 18.9 Å². The molecule has 2 N–H and O–H groups in total. The SMILES string of the molecule is CCCCC/C=C\C/C=C\CCCCCCCCC(=O)CCCCCCCC/C=C\C/C=C\CCCCC.CCCCC/C=C\C/C=C\CCCCCCCCC1(CCCCCCCC/C=C\C/C=C\CCCCC)O[C@H]2CN(Cc3ccncc3)C[C@@H]2O1.O[C@H]1CN(Cc2ccncc2)C[C@@H]1O.[3H][P+](P)=S. The second-order valence-corrected chi connectivity index (χ2v) is 33.2. The molecule has 0 radical (unpaired) electrons. The van der Waals surface area contributed by atoms with E-state index in [-0.39, 0.29) is 18.0 Å². The van der Waals surface area contributed by atoms with Crippen LogP contribution in [0, 0.1) is 0 Å².